The largest absolute Gasteiger partial charge is 0.444 e. The van der Waals surface area contributed by atoms with Crippen molar-refractivity contribution < 1.29 is 23.8 Å². The number of hydrogen-bond acceptors (Lipinski definition) is 5. The molecule has 0 aliphatic carbocycles. The van der Waals surface area contributed by atoms with Crippen LogP contribution in [0.3, 0.4) is 0 Å². The number of nitrogens with one attached hydrogen (secondary N) is 1. The number of benzene rings is 1. The molecule has 138 valence electrons. The van der Waals surface area contributed by atoms with Crippen molar-refractivity contribution in [2.45, 2.75) is 51.7 Å². The molecule has 1 aliphatic rings. The minimum atomic E-state index is -0.609. The molecular formula is C18H26N2O5. The molecule has 1 aliphatic heterocycles. The molecular weight excluding hydrogens is 324 g/mol. The Hall–Kier alpha value is -2.28. The van der Waals surface area contributed by atoms with Crippen LogP contribution < -0.4 is 5.32 Å². The van der Waals surface area contributed by atoms with Gasteiger partial charge in [0.2, 0.25) is 0 Å². The molecule has 0 aromatic heterocycles. The number of ether oxygens (including phenoxy) is 3. The quantitative estimate of drug-likeness (QED) is 0.903. The van der Waals surface area contributed by atoms with Gasteiger partial charge in [0.15, 0.2) is 0 Å². The first-order valence-electron chi connectivity index (χ1n) is 8.28. The highest BCUT2D eigenvalue weighted by Crippen LogP contribution is 2.20. The van der Waals surface area contributed by atoms with Gasteiger partial charge in [0.05, 0.1) is 12.6 Å². The van der Waals surface area contributed by atoms with E-state index in [1.165, 1.54) is 4.90 Å². The molecule has 2 atom stereocenters. The Bertz CT molecular complexity index is 585. The van der Waals surface area contributed by atoms with Gasteiger partial charge >= 0.3 is 12.2 Å². The van der Waals surface area contributed by atoms with E-state index in [9.17, 15) is 9.59 Å². The molecule has 0 spiro atoms. The number of rotatable bonds is 4. The monoisotopic (exact) mass is 350 g/mol. The normalized spacial score (nSPS) is 20.2. The third-order valence-electron chi connectivity index (χ3n) is 3.72. The van der Waals surface area contributed by atoms with Crippen LogP contribution in [-0.2, 0) is 20.8 Å². The lowest BCUT2D eigenvalue weighted by Crippen LogP contribution is -2.48. The van der Waals surface area contributed by atoms with Gasteiger partial charge in [-0.05, 0) is 26.3 Å². The second-order valence-corrected chi connectivity index (χ2v) is 6.95. The molecule has 1 aromatic carbocycles. The molecule has 0 radical (unpaired) electrons. The fourth-order valence-electron chi connectivity index (χ4n) is 2.55. The van der Waals surface area contributed by atoms with Crippen LogP contribution >= 0.6 is 0 Å². The molecule has 2 rings (SSSR count). The van der Waals surface area contributed by atoms with Crippen LogP contribution in [0.2, 0.25) is 0 Å². The van der Waals surface area contributed by atoms with Crippen LogP contribution in [0.25, 0.3) is 0 Å². The Morgan fingerprint density at radius 3 is 2.52 bits per heavy atom. The van der Waals surface area contributed by atoms with E-state index >= 15 is 0 Å². The van der Waals surface area contributed by atoms with E-state index in [1.807, 2.05) is 30.3 Å². The third kappa shape index (κ3) is 5.94. The van der Waals surface area contributed by atoms with Crippen molar-refractivity contribution >= 4 is 12.2 Å². The summed E-state index contributed by atoms with van der Waals surface area (Å²) in [4.78, 5) is 25.9. The Morgan fingerprint density at radius 1 is 1.24 bits per heavy atom. The van der Waals surface area contributed by atoms with Gasteiger partial charge in [0.25, 0.3) is 0 Å². The van der Waals surface area contributed by atoms with E-state index in [1.54, 1.807) is 27.9 Å². The van der Waals surface area contributed by atoms with Gasteiger partial charge in [-0.1, -0.05) is 30.3 Å². The maximum absolute atomic E-state index is 12.4. The Kier molecular flexibility index (Phi) is 6.25. The van der Waals surface area contributed by atoms with Crippen LogP contribution in [0, 0.1) is 0 Å². The minimum Gasteiger partial charge on any atom is -0.444 e. The van der Waals surface area contributed by atoms with Gasteiger partial charge in [-0.3, -0.25) is 4.90 Å². The summed E-state index contributed by atoms with van der Waals surface area (Å²) in [6.07, 6.45) is -1.28. The van der Waals surface area contributed by atoms with Crippen LogP contribution in [-0.4, -0.2) is 48.6 Å². The first kappa shape index (κ1) is 19.1. The van der Waals surface area contributed by atoms with Crippen molar-refractivity contribution in [2.75, 3.05) is 13.7 Å². The van der Waals surface area contributed by atoms with E-state index < -0.39 is 24.0 Å². The number of carbonyl (C=O) groups excluding carboxylic acids is 2. The number of amides is 2. The standard InChI is InChI=1S/C18H26N2O5/c1-18(2,3)25-16(21)19-15-10-14(23-4)11-20(15)17(22)24-12-13-8-6-5-7-9-13/h5-9,14-15H,10-12H2,1-4H3,(H,19,21). The van der Waals surface area contributed by atoms with Crippen LogP contribution in [0.4, 0.5) is 9.59 Å². The summed E-state index contributed by atoms with van der Waals surface area (Å²) in [6, 6.07) is 9.42. The molecule has 2 unspecified atom stereocenters. The van der Waals surface area contributed by atoms with Crippen molar-refractivity contribution in [3.05, 3.63) is 35.9 Å². The number of alkyl carbamates (subject to hydrolysis) is 1. The van der Waals surface area contributed by atoms with Gasteiger partial charge in [0.1, 0.15) is 18.4 Å². The number of likely N-dealkylation sites (tertiary alicyclic amines) is 1. The second kappa shape index (κ2) is 8.20. The van der Waals surface area contributed by atoms with E-state index in [0.29, 0.717) is 13.0 Å². The van der Waals surface area contributed by atoms with Gasteiger partial charge in [-0.15, -0.1) is 0 Å². The summed E-state index contributed by atoms with van der Waals surface area (Å²) in [7, 11) is 1.58. The summed E-state index contributed by atoms with van der Waals surface area (Å²) < 4.78 is 15.9. The summed E-state index contributed by atoms with van der Waals surface area (Å²) in [5.74, 6) is 0. The number of methoxy groups -OCH3 is 1. The summed E-state index contributed by atoms with van der Waals surface area (Å²) in [6.45, 7) is 5.87. The van der Waals surface area contributed by atoms with Crippen molar-refractivity contribution in [1.29, 1.82) is 0 Å². The maximum Gasteiger partial charge on any atom is 0.411 e. The van der Waals surface area contributed by atoms with Crippen molar-refractivity contribution in [3.8, 4) is 0 Å². The lowest BCUT2D eigenvalue weighted by Gasteiger charge is -2.26. The van der Waals surface area contributed by atoms with Crippen LogP contribution in [0.15, 0.2) is 30.3 Å². The fourth-order valence-corrected chi connectivity index (χ4v) is 2.55. The zero-order chi connectivity index (χ0) is 18.4. The zero-order valence-electron chi connectivity index (χ0n) is 15.2. The molecule has 7 nitrogen and oxygen atoms in total. The number of hydrogen-bond donors (Lipinski definition) is 1. The van der Waals surface area contributed by atoms with E-state index in [4.69, 9.17) is 14.2 Å². The zero-order valence-corrected chi connectivity index (χ0v) is 15.2. The molecule has 0 saturated carbocycles. The van der Waals surface area contributed by atoms with Gasteiger partial charge in [-0.25, -0.2) is 9.59 Å². The van der Waals surface area contributed by atoms with Crippen molar-refractivity contribution in [1.82, 2.24) is 10.2 Å². The van der Waals surface area contributed by atoms with Gasteiger partial charge in [-0.2, -0.15) is 0 Å². The minimum absolute atomic E-state index is 0.163. The number of carbonyl (C=O) groups is 2. The lowest BCUT2D eigenvalue weighted by atomic mass is 10.2. The first-order chi connectivity index (χ1) is 11.8. The van der Waals surface area contributed by atoms with Crippen LogP contribution in [0.1, 0.15) is 32.8 Å². The van der Waals surface area contributed by atoms with Gasteiger partial charge < -0.3 is 19.5 Å². The highest BCUT2D eigenvalue weighted by molar-refractivity contribution is 5.72. The average molecular weight is 350 g/mol. The highest BCUT2D eigenvalue weighted by atomic mass is 16.6. The maximum atomic E-state index is 12.4. The number of nitrogens with zero attached hydrogens (tertiary/aromatic N) is 1. The predicted octanol–water partition coefficient (Wildman–Crippen LogP) is 2.89. The second-order valence-electron chi connectivity index (χ2n) is 6.95. The molecule has 1 aromatic rings. The molecule has 25 heavy (non-hydrogen) atoms. The fraction of sp³-hybridized carbons (Fsp3) is 0.556. The molecule has 0 bridgehead atoms. The molecule has 1 saturated heterocycles. The summed E-state index contributed by atoms with van der Waals surface area (Å²) in [5.41, 5.74) is 0.289. The van der Waals surface area contributed by atoms with Crippen molar-refractivity contribution in [2.24, 2.45) is 0 Å². The molecule has 1 fully saturated rings. The van der Waals surface area contributed by atoms with Crippen molar-refractivity contribution in [3.63, 3.8) is 0 Å². The molecule has 1 N–H and O–H groups in total. The molecule has 1 heterocycles. The van der Waals surface area contributed by atoms with Gasteiger partial charge in [0, 0.05) is 13.5 Å². The lowest BCUT2D eigenvalue weighted by molar-refractivity contribution is 0.0425. The molecule has 7 heteroatoms. The Labute approximate surface area is 148 Å². The highest BCUT2D eigenvalue weighted by Gasteiger charge is 2.38. The predicted molar refractivity (Wildman–Crippen MR) is 91.9 cm³/mol. The summed E-state index contributed by atoms with van der Waals surface area (Å²) >= 11 is 0. The first-order valence-corrected chi connectivity index (χ1v) is 8.28. The smallest absolute Gasteiger partial charge is 0.411 e. The van der Waals surface area contributed by atoms with Crippen LogP contribution in [0.5, 0.6) is 0 Å². The molecule has 2 amide bonds. The van der Waals surface area contributed by atoms with E-state index in [-0.39, 0.29) is 12.7 Å². The summed E-state index contributed by atoms with van der Waals surface area (Å²) in [5, 5.41) is 2.71. The van der Waals surface area contributed by atoms with E-state index in [0.717, 1.165) is 5.56 Å². The Morgan fingerprint density at radius 2 is 1.92 bits per heavy atom. The average Bonchev–Trinajstić information content (AvgIpc) is 2.94. The Balaban J connectivity index is 1.95. The van der Waals surface area contributed by atoms with E-state index in [2.05, 4.69) is 5.32 Å². The third-order valence-corrected chi connectivity index (χ3v) is 3.72. The SMILES string of the molecule is COC1CC(NC(=O)OC(C)(C)C)N(C(=O)OCc2ccccc2)C1. The topological polar surface area (TPSA) is 77.1 Å².